The van der Waals surface area contributed by atoms with Crippen molar-refractivity contribution in [2.24, 2.45) is 0 Å². The van der Waals surface area contributed by atoms with E-state index in [0.29, 0.717) is 12.5 Å². The molecule has 1 amide bonds. The topological polar surface area (TPSA) is 54.5 Å². The highest BCUT2D eigenvalue weighted by atomic mass is 16.5. The van der Waals surface area contributed by atoms with E-state index in [9.17, 15) is 4.79 Å². The lowest BCUT2D eigenvalue weighted by Gasteiger charge is -2.42. The lowest BCUT2D eigenvalue weighted by Crippen LogP contribution is -2.54. The highest BCUT2D eigenvalue weighted by Gasteiger charge is 2.30. The summed E-state index contributed by atoms with van der Waals surface area (Å²) in [6.45, 7) is 8.30. The van der Waals surface area contributed by atoms with Crippen LogP contribution in [-0.2, 0) is 4.74 Å². The number of nitrogens with one attached hydrogen (secondary N) is 1. The molecule has 1 saturated carbocycles. The van der Waals surface area contributed by atoms with Gasteiger partial charge in [0.05, 0.1) is 13.2 Å². The van der Waals surface area contributed by atoms with Crippen molar-refractivity contribution in [3.63, 3.8) is 0 Å². The van der Waals surface area contributed by atoms with Gasteiger partial charge in [0, 0.05) is 48.5 Å². The van der Waals surface area contributed by atoms with Crippen LogP contribution in [0.4, 0.5) is 0 Å². The Hall–Kier alpha value is -1.46. The lowest BCUT2D eigenvalue weighted by atomic mass is 10.0. The Labute approximate surface area is 132 Å². The normalized spacial score (nSPS) is 21.5. The zero-order chi connectivity index (χ0) is 15.6. The van der Waals surface area contributed by atoms with Gasteiger partial charge in [-0.3, -0.25) is 14.7 Å². The summed E-state index contributed by atoms with van der Waals surface area (Å²) in [4.78, 5) is 19.0. The van der Waals surface area contributed by atoms with Gasteiger partial charge in [-0.2, -0.15) is 0 Å². The molecule has 1 saturated heterocycles. The van der Waals surface area contributed by atoms with E-state index in [1.807, 2.05) is 6.07 Å². The first-order chi connectivity index (χ1) is 10.6. The number of amides is 1. The molecule has 0 spiro atoms. The number of morpholine rings is 1. The molecular weight excluding hydrogens is 278 g/mol. The number of hydrogen-bond donors (Lipinski definition) is 1. The van der Waals surface area contributed by atoms with Crippen LogP contribution in [0, 0.1) is 0 Å². The number of rotatable bonds is 5. The highest BCUT2D eigenvalue weighted by molar-refractivity contribution is 5.94. The van der Waals surface area contributed by atoms with Gasteiger partial charge in [0.1, 0.15) is 0 Å². The predicted octanol–water partition coefficient (Wildman–Crippen LogP) is 1.80. The van der Waals surface area contributed by atoms with Gasteiger partial charge < -0.3 is 10.1 Å². The first kappa shape index (κ1) is 15.4. The van der Waals surface area contributed by atoms with Crippen molar-refractivity contribution in [1.29, 1.82) is 0 Å². The van der Waals surface area contributed by atoms with Crippen LogP contribution in [0.15, 0.2) is 18.3 Å². The number of pyridine rings is 1. The summed E-state index contributed by atoms with van der Waals surface area (Å²) < 4.78 is 5.52. The van der Waals surface area contributed by atoms with Gasteiger partial charge in [-0.25, -0.2) is 0 Å². The molecule has 2 aliphatic rings. The summed E-state index contributed by atoms with van der Waals surface area (Å²) in [6, 6.07) is 3.73. The molecule has 1 aliphatic carbocycles. The van der Waals surface area contributed by atoms with Crippen molar-refractivity contribution in [3.05, 3.63) is 29.6 Å². The first-order valence-corrected chi connectivity index (χ1v) is 8.13. The Morgan fingerprint density at radius 2 is 2.32 bits per heavy atom. The minimum Gasteiger partial charge on any atom is -0.378 e. The summed E-state index contributed by atoms with van der Waals surface area (Å²) in [5.41, 5.74) is 1.82. The van der Waals surface area contributed by atoms with E-state index in [4.69, 9.17) is 4.74 Å². The molecule has 3 rings (SSSR count). The van der Waals surface area contributed by atoms with Crippen LogP contribution in [0.2, 0.25) is 0 Å². The maximum absolute atomic E-state index is 12.3. The van der Waals surface area contributed by atoms with E-state index < -0.39 is 0 Å². The van der Waals surface area contributed by atoms with Crippen LogP contribution in [0.1, 0.15) is 48.7 Å². The van der Waals surface area contributed by atoms with E-state index >= 15 is 0 Å². The average Bonchev–Trinajstić information content (AvgIpc) is 3.33. The van der Waals surface area contributed by atoms with Gasteiger partial charge in [0.15, 0.2) is 0 Å². The summed E-state index contributed by atoms with van der Waals surface area (Å²) in [7, 11) is 0. The van der Waals surface area contributed by atoms with Gasteiger partial charge in [0.25, 0.3) is 5.91 Å². The lowest BCUT2D eigenvalue weighted by molar-refractivity contribution is -0.0498. The monoisotopic (exact) mass is 303 g/mol. The zero-order valence-corrected chi connectivity index (χ0v) is 13.5. The molecule has 2 heterocycles. The Kier molecular flexibility index (Phi) is 4.45. The van der Waals surface area contributed by atoms with Crippen molar-refractivity contribution >= 4 is 5.91 Å². The molecule has 0 atom stereocenters. The average molecular weight is 303 g/mol. The molecule has 22 heavy (non-hydrogen) atoms. The predicted molar refractivity (Wildman–Crippen MR) is 85.0 cm³/mol. The Balaban J connectivity index is 1.50. The van der Waals surface area contributed by atoms with Crippen LogP contribution >= 0.6 is 0 Å². The summed E-state index contributed by atoms with van der Waals surface area (Å²) >= 11 is 0. The van der Waals surface area contributed by atoms with Crippen molar-refractivity contribution in [2.45, 2.75) is 38.1 Å². The van der Waals surface area contributed by atoms with Crippen molar-refractivity contribution in [2.75, 3.05) is 32.8 Å². The molecule has 120 valence electrons. The van der Waals surface area contributed by atoms with Crippen molar-refractivity contribution in [1.82, 2.24) is 15.2 Å². The standard InChI is InChI=1S/C17H25N3O2/c1-17(2)12-22-10-9-20(17)8-7-19-16(21)14-5-6-18-15(11-14)13-3-4-13/h5-6,11,13H,3-4,7-10,12H2,1-2H3,(H,19,21). The number of ether oxygens (including phenoxy) is 1. The van der Waals surface area contributed by atoms with Crippen LogP contribution in [0.25, 0.3) is 0 Å². The Morgan fingerprint density at radius 3 is 3.05 bits per heavy atom. The van der Waals surface area contributed by atoms with Gasteiger partial charge in [-0.15, -0.1) is 0 Å². The number of carbonyl (C=O) groups excluding carboxylic acids is 1. The van der Waals surface area contributed by atoms with Gasteiger partial charge in [-0.05, 0) is 38.8 Å². The van der Waals surface area contributed by atoms with E-state index in [0.717, 1.165) is 37.6 Å². The van der Waals surface area contributed by atoms with Gasteiger partial charge in [-0.1, -0.05) is 0 Å². The molecule has 5 nitrogen and oxygen atoms in total. The second-order valence-corrected chi connectivity index (χ2v) is 6.85. The Morgan fingerprint density at radius 1 is 1.50 bits per heavy atom. The maximum Gasteiger partial charge on any atom is 0.251 e. The van der Waals surface area contributed by atoms with E-state index in [2.05, 4.69) is 29.0 Å². The largest absolute Gasteiger partial charge is 0.378 e. The molecule has 0 bridgehead atoms. The van der Waals surface area contributed by atoms with Crippen LogP contribution in [0.3, 0.4) is 0 Å². The van der Waals surface area contributed by atoms with Gasteiger partial charge in [0.2, 0.25) is 0 Å². The number of hydrogen-bond acceptors (Lipinski definition) is 4. The fourth-order valence-electron chi connectivity index (χ4n) is 2.90. The zero-order valence-electron chi connectivity index (χ0n) is 13.5. The molecular formula is C17H25N3O2. The highest BCUT2D eigenvalue weighted by Crippen LogP contribution is 2.38. The second kappa shape index (κ2) is 6.34. The molecule has 0 unspecified atom stereocenters. The molecule has 1 aliphatic heterocycles. The molecule has 1 aromatic heterocycles. The number of carbonyl (C=O) groups is 1. The fraction of sp³-hybridized carbons (Fsp3) is 0.647. The van der Waals surface area contributed by atoms with Crippen LogP contribution in [0.5, 0.6) is 0 Å². The third-order valence-electron chi connectivity index (χ3n) is 4.52. The van der Waals surface area contributed by atoms with E-state index in [1.54, 1.807) is 12.3 Å². The quantitative estimate of drug-likeness (QED) is 0.901. The Bertz CT molecular complexity index is 540. The molecule has 5 heteroatoms. The van der Waals surface area contributed by atoms with Crippen molar-refractivity contribution < 1.29 is 9.53 Å². The van der Waals surface area contributed by atoms with Gasteiger partial charge >= 0.3 is 0 Å². The number of aromatic nitrogens is 1. The molecule has 1 aromatic rings. The maximum atomic E-state index is 12.3. The molecule has 0 aromatic carbocycles. The van der Waals surface area contributed by atoms with Crippen molar-refractivity contribution in [3.8, 4) is 0 Å². The SMILES string of the molecule is CC1(C)COCCN1CCNC(=O)c1ccnc(C2CC2)c1. The molecule has 2 fully saturated rings. The van der Waals surface area contributed by atoms with Crippen LogP contribution < -0.4 is 5.32 Å². The third kappa shape index (κ3) is 3.65. The summed E-state index contributed by atoms with van der Waals surface area (Å²) in [5.74, 6) is 0.567. The molecule has 0 radical (unpaired) electrons. The smallest absolute Gasteiger partial charge is 0.251 e. The van der Waals surface area contributed by atoms with E-state index in [1.165, 1.54) is 12.8 Å². The third-order valence-corrected chi connectivity index (χ3v) is 4.52. The van der Waals surface area contributed by atoms with Crippen LogP contribution in [-0.4, -0.2) is 54.2 Å². The summed E-state index contributed by atoms with van der Waals surface area (Å²) in [6.07, 6.45) is 4.14. The second-order valence-electron chi connectivity index (χ2n) is 6.85. The summed E-state index contributed by atoms with van der Waals surface area (Å²) in [5, 5.41) is 3.02. The molecule has 1 N–H and O–H groups in total. The number of nitrogens with zero attached hydrogens (tertiary/aromatic N) is 2. The minimum absolute atomic E-state index is 0.00429. The fourth-order valence-corrected chi connectivity index (χ4v) is 2.90. The minimum atomic E-state index is -0.00429. The van der Waals surface area contributed by atoms with E-state index in [-0.39, 0.29) is 11.4 Å². The first-order valence-electron chi connectivity index (χ1n) is 8.13.